The molecule has 2 heterocycles. The minimum atomic E-state index is -0.289. The zero-order chi connectivity index (χ0) is 19.8. The first-order valence-electron chi connectivity index (χ1n) is 9.74. The topological polar surface area (TPSA) is 59.0 Å². The molecule has 8 heteroatoms. The third kappa shape index (κ3) is 4.61. The fourth-order valence-corrected chi connectivity index (χ4v) is 3.85. The van der Waals surface area contributed by atoms with E-state index in [1.807, 2.05) is 25.1 Å². The average Bonchev–Trinajstić information content (AvgIpc) is 3.30. The number of nitrogens with one attached hydrogen (secondary N) is 2. The first kappa shape index (κ1) is 24.1. The molecule has 1 aliphatic heterocycles. The molecule has 5 nitrogen and oxygen atoms in total. The molecule has 4 rings (SSSR count). The summed E-state index contributed by atoms with van der Waals surface area (Å²) in [5.41, 5.74) is 4.30. The van der Waals surface area contributed by atoms with E-state index in [1.165, 1.54) is 12.1 Å². The second-order valence-corrected chi connectivity index (χ2v) is 7.74. The maximum absolute atomic E-state index is 13.7. The van der Waals surface area contributed by atoms with Crippen LogP contribution in [0.15, 0.2) is 36.4 Å². The molecule has 2 N–H and O–H groups in total. The van der Waals surface area contributed by atoms with Crippen LogP contribution in [0.4, 0.5) is 10.1 Å². The number of nitrogens with zero attached hydrogens (tertiary/aromatic N) is 2. The molecule has 1 aliphatic rings. The molecule has 1 atom stereocenters. The highest BCUT2D eigenvalue weighted by Gasteiger charge is 2.23. The van der Waals surface area contributed by atoms with E-state index in [0.29, 0.717) is 5.52 Å². The summed E-state index contributed by atoms with van der Waals surface area (Å²) in [5, 5.41) is 6.27. The van der Waals surface area contributed by atoms with Crippen LogP contribution in [0.2, 0.25) is 0 Å². The smallest absolute Gasteiger partial charge is 0.228 e. The van der Waals surface area contributed by atoms with Gasteiger partial charge in [0.05, 0.1) is 17.0 Å². The van der Waals surface area contributed by atoms with E-state index in [2.05, 4.69) is 34.0 Å². The molecule has 0 radical (unpaired) electrons. The molecule has 2 aromatic carbocycles. The van der Waals surface area contributed by atoms with E-state index >= 15 is 0 Å². The number of rotatable bonds is 4. The summed E-state index contributed by atoms with van der Waals surface area (Å²) in [4.78, 5) is 17.1. The van der Waals surface area contributed by atoms with Crippen molar-refractivity contribution in [3.8, 4) is 11.4 Å². The lowest BCUT2D eigenvalue weighted by Crippen LogP contribution is -2.24. The van der Waals surface area contributed by atoms with Gasteiger partial charge in [0.25, 0.3) is 0 Å². The summed E-state index contributed by atoms with van der Waals surface area (Å²) in [5.74, 6) is 0.601. The van der Waals surface area contributed by atoms with Crippen molar-refractivity contribution >= 4 is 47.4 Å². The van der Waals surface area contributed by atoms with Crippen LogP contribution >= 0.6 is 24.8 Å². The van der Waals surface area contributed by atoms with Gasteiger partial charge in [0, 0.05) is 29.9 Å². The normalized spacial score (nSPS) is 15.7. The van der Waals surface area contributed by atoms with Gasteiger partial charge in [0.1, 0.15) is 11.6 Å². The van der Waals surface area contributed by atoms with Crippen molar-refractivity contribution < 1.29 is 9.18 Å². The van der Waals surface area contributed by atoms with Crippen molar-refractivity contribution in [1.82, 2.24) is 14.9 Å². The highest BCUT2D eigenvalue weighted by Crippen LogP contribution is 2.31. The molecule has 3 aromatic rings. The van der Waals surface area contributed by atoms with Crippen LogP contribution in [0.25, 0.3) is 22.4 Å². The number of aryl methyl sites for hydroxylation is 1. The molecule has 1 aromatic heterocycles. The number of hydrogen-bond donors (Lipinski definition) is 2. The zero-order valence-corrected chi connectivity index (χ0v) is 18.9. The second-order valence-electron chi connectivity index (χ2n) is 7.74. The summed E-state index contributed by atoms with van der Waals surface area (Å²) in [6.45, 7) is 7.78. The van der Waals surface area contributed by atoms with Gasteiger partial charge in [-0.05, 0) is 69.6 Å². The van der Waals surface area contributed by atoms with E-state index in [4.69, 9.17) is 0 Å². The van der Waals surface area contributed by atoms with Gasteiger partial charge in [0.2, 0.25) is 5.91 Å². The quantitative estimate of drug-likeness (QED) is 0.576. The van der Waals surface area contributed by atoms with Crippen LogP contribution in [0.5, 0.6) is 0 Å². The fraction of sp³-hybridized carbons (Fsp3) is 0.364. The van der Waals surface area contributed by atoms with E-state index < -0.39 is 0 Å². The molecule has 1 unspecified atom stereocenters. The van der Waals surface area contributed by atoms with Gasteiger partial charge in [-0.25, -0.2) is 9.37 Å². The Hall–Kier alpha value is -2.15. The van der Waals surface area contributed by atoms with Gasteiger partial charge in [0.15, 0.2) is 0 Å². The number of imidazole rings is 1. The Bertz CT molecular complexity index is 1050. The summed E-state index contributed by atoms with van der Waals surface area (Å²) in [6, 6.07) is 10.8. The molecule has 0 saturated carbocycles. The lowest BCUT2D eigenvalue weighted by molar-refractivity contribution is -0.119. The largest absolute Gasteiger partial charge is 0.326 e. The summed E-state index contributed by atoms with van der Waals surface area (Å²) >= 11 is 0. The summed E-state index contributed by atoms with van der Waals surface area (Å²) in [7, 11) is 0. The van der Waals surface area contributed by atoms with Gasteiger partial charge in [-0.15, -0.1) is 24.8 Å². The van der Waals surface area contributed by atoms with Gasteiger partial charge in [-0.3, -0.25) is 4.79 Å². The lowest BCUT2D eigenvalue weighted by Gasteiger charge is -2.15. The number of benzene rings is 2. The standard InChI is InChI=1S/C22H25FN4O.2ClH/c1-13(2)27-20-7-5-17(23)11-19(20)25-21(27)15-4-6-18(14(3)10-15)26-22(28)16-8-9-24-12-16;;/h4-7,10-11,13,16,24H,8-9,12H2,1-3H3,(H,26,28);2*1H. The van der Waals surface area contributed by atoms with Crippen molar-refractivity contribution in [2.45, 2.75) is 33.2 Å². The number of hydrogen-bond acceptors (Lipinski definition) is 3. The van der Waals surface area contributed by atoms with Gasteiger partial charge >= 0.3 is 0 Å². The Labute approximate surface area is 188 Å². The molecule has 0 spiro atoms. The Morgan fingerprint density at radius 2 is 2.00 bits per heavy atom. The van der Waals surface area contributed by atoms with Crippen LogP contribution in [0.1, 0.15) is 31.9 Å². The van der Waals surface area contributed by atoms with Crippen molar-refractivity contribution in [1.29, 1.82) is 0 Å². The monoisotopic (exact) mass is 452 g/mol. The molecule has 1 amide bonds. The van der Waals surface area contributed by atoms with E-state index in [-0.39, 0.29) is 48.5 Å². The molecule has 162 valence electrons. The molecule has 0 aliphatic carbocycles. The first-order chi connectivity index (χ1) is 13.4. The Kier molecular flexibility index (Phi) is 7.86. The second kappa shape index (κ2) is 9.77. The third-order valence-electron chi connectivity index (χ3n) is 5.34. The highest BCUT2D eigenvalue weighted by atomic mass is 35.5. The maximum Gasteiger partial charge on any atom is 0.228 e. The predicted octanol–water partition coefficient (Wildman–Crippen LogP) is 5.12. The summed E-state index contributed by atoms with van der Waals surface area (Å²) in [6.07, 6.45) is 0.873. The number of fused-ring (bicyclic) bond motifs is 1. The number of amides is 1. The Morgan fingerprint density at radius 1 is 1.23 bits per heavy atom. The predicted molar refractivity (Wildman–Crippen MR) is 124 cm³/mol. The number of halogens is 3. The van der Waals surface area contributed by atoms with Crippen LogP contribution in [-0.4, -0.2) is 28.5 Å². The molecule has 0 bridgehead atoms. The number of carbonyl (C=O) groups is 1. The van der Waals surface area contributed by atoms with Crippen molar-refractivity contribution in [2.24, 2.45) is 5.92 Å². The van der Waals surface area contributed by atoms with E-state index in [9.17, 15) is 9.18 Å². The number of carbonyl (C=O) groups excluding carboxylic acids is 1. The van der Waals surface area contributed by atoms with Gasteiger partial charge in [-0.2, -0.15) is 0 Å². The fourth-order valence-electron chi connectivity index (χ4n) is 3.85. The Balaban J connectivity index is 0.00000160. The highest BCUT2D eigenvalue weighted by molar-refractivity contribution is 5.94. The number of anilines is 1. The van der Waals surface area contributed by atoms with Crippen LogP contribution in [0.3, 0.4) is 0 Å². The molecule has 1 saturated heterocycles. The minimum Gasteiger partial charge on any atom is -0.326 e. The minimum absolute atomic E-state index is 0. The summed E-state index contributed by atoms with van der Waals surface area (Å²) < 4.78 is 15.8. The molecular weight excluding hydrogens is 426 g/mol. The van der Waals surface area contributed by atoms with Crippen molar-refractivity contribution in [2.75, 3.05) is 18.4 Å². The Morgan fingerprint density at radius 3 is 2.63 bits per heavy atom. The first-order valence-corrected chi connectivity index (χ1v) is 9.74. The number of aromatic nitrogens is 2. The SMILES string of the molecule is Cc1cc(-c2nc3cc(F)ccc3n2C(C)C)ccc1NC(=O)C1CCNC1.Cl.Cl. The molecule has 1 fully saturated rings. The van der Waals surface area contributed by atoms with Gasteiger partial charge < -0.3 is 15.2 Å². The van der Waals surface area contributed by atoms with Crippen LogP contribution < -0.4 is 10.6 Å². The molecule has 30 heavy (non-hydrogen) atoms. The van der Waals surface area contributed by atoms with Crippen LogP contribution in [-0.2, 0) is 4.79 Å². The van der Waals surface area contributed by atoms with Crippen molar-refractivity contribution in [3.63, 3.8) is 0 Å². The van der Waals surface area contributed by atoms with Crippen LogP contribution in [0, 0.1) is 18.7 Å². The molecular formula is C22H27Cl2FN4O. The van der Waals surface area contributed by atoms with E-state index in [0.717, 1.165) is 47.7 Å². The zero-order valence-electron chi connectivity index (χ0n) is 17.2. The van der Waals surface area contributed by atoms with Crippen molar-refractivity contribution in [3.05, 3.63) is 47.8 Å². The average molecular weight is 453 g/mol. The van der Waals surface area contributed by atoms with E-state index in [1.54, 1.807) is 6.07 Å². The van der Waals surface area contributed by atoms with Gasteiger partial charge in [-0.1, -0.05) is 0 Å². The third-order valence-corrected chi connectivity index (χ3v) is 5.34. The maximum atomic E-state index is 13.7. The lowest BCUT2D eigenvalue weighted by atomic mass is 10.1.